The van der Waals surface area contributed by atoms with Crippen LogP contribution in [0.5, 0.6) is 5.75 Å². The first-order chi connectivity index (χ1) is 8.19. The number of nitrogens with zero attached hydrogens (tertiary/aromatic N) is 2. The van der Waals surface area contributed by atoms with E-state index in [1.165, 1.54) is 0 Å². The summed E-state index contributed by atoms with van der Waals surface area (Å²) in [5.74, 6) is 1.87. The molecule has 0 unspecified atom stereocenters. The van der Waals surface area contributed by atoms with E-state index < -0.39 is 0 Å². The SMILES string of the molecule is COc1ccc(NCc2noc(C)n2)c(N)c1. The van der Waals surface area contributed by atoms with Crippen LogP contribution in [0.15, 0.2) is 22.7 Å². The maximum absolute atomic E-state index is 5.86. The second kappa shape index (κ2) is 4.73. The van der Waals surface area contributed by atoms with E-state index in [1.807, 2.05) is 12.1 Å². The Morgan fingerprint density at radius 2 is 2.29 bits per heavy atom. The van der Waals surface area contributed by atoms with Gasteiger partial charge in [0, 0.05) is 13.0 Å². The van der Waals surface area contributed by atoms with E-state index in [2.05, 4.69) is 15.5 Å². The Morgan fingerprint density at radius 3 is 2.88 bits per heavy atom. The van der Waals surface area contributed by atoms with Gasteiger partial charge in [-0.05, 0) is 12.1 Å². The van der Waals surface area contributed by atoms with Gasteiger partial charge in [0.15, 0.2) is 5.82 Å². The van der Waals surface area contributed by atoms with E-state index in [1.54, 1.807) is 20.1 Å². The molecule has 17 heavy (non-hydrogen) atoms. The molecule has 6 heteroatoms. The number of nitrogen functional groups attached to an aromatic ring is 1. The molecular weight excluding hydrogens is 220 g/mol. The minimum atomic E-state index is 0.466. The molecular formula is C11H14N4O2. The quantitative estimate of drug-likeness (QED) is 0.781. The van der Waals surface area contributed by atoms with Gasteiger partial charge in [-0.25, -0.2) is 0 Å². The molecule has 1 heterocycles. The summed E-state index contributed by atoms with van der Waals surface area (Å²) in [6.07, 6.45) is 0. The summed E-state index contributed by atoms with van der Waals surface area (Å²) in [6, 6.07) is 5.44. The summed E-state index contributed by atoms with van der Waals surface area (Å²) >= 11 is 0. The highest BCUT2D eigenvalue weighted by Gasteiger charge is 2.04. The van der Waals surface area contributed by atoms with Gasteiger partial charge in [0.1, 0.15) is 5.75 Å². The number of methoxy groups -OCH3 is 1. The summed E-state index contributed by atoms with van der Waals surface area (Å²) in [4.78, 5) is 4.08. The van der Waals surface area contributed by atoms with E-state index in [9.17, 15) is 0 Å². The average molecular weight is 234 g/mol. The van der Waals surface area contributed by atoms with Crippen molar-refractivity contribution in [2.75, 3.05) is 18.2 Å². The minimum Gasteiger partial charge on any atom is -0.497 e. The average Bonchev–Trinajstić information content (AvgIpc) is 2.73. The van der Waals surface area contributed by atoms with Crippen molar-refractivity contribution < 1.29 is 9.26 Å². The molecule has 0 spiro atoms. The maximum Gasteiger partial charge on any atom is 0.223 e. The van der Waals surface area contributed by atoms with Crippen molar-refractivity contribution in [2.45, 2.75) is 13.5 Å². The Balaban J connectivity index is 2.04. The van der Waals surface area contributed by atoms with Gasteiger partial charge in [-0.15, -0.1) is 0 Å². The summed E-state index contributed by atoms with van der Waals surface area (Å²) in [6.45, 7) is 2.21. The van der Waals surface area contributed by atoms with E-state index in [4.69, 9.17) is 15.0 Å². The van der Waals surface area contributed by atoms with Gasteiger partial charge in [0.2, 0.25) is 5.89 Å². The number of aromatic nitrogens is 2. The molecule has 6 nitrogen and oxygen atoms in total. The summed E-state index contributed by atoms with van der Waals surface area (Å²) in [5.41, 5.74) is 7.29. The van der Waals surface area contributed by atoms with Crippen molar-refractivity contribution in [3.8, 4) is 5.75 Å². The predicted octanol–water partition coefficient (Wildman–Crippen LogP) is 1.58. The van der Waals surface area contributed by atoms with Crippen molar-refractivity contribution >= 4 is 11.4 Å². The molecule has 0 fully saturated rings. The Morgan fingerprint density at radius 1 is 1.47 bits per heavy atom. The molecule has 0 atom stereocenters. The van der Waals surface area contributed by atoms with Gasteiger partial charge in [-0.1, -0.05) is 5.16 Å². The highest BCUT2D eigenvalue weighted by molar-refractivity contribution is 5.68. The van der Waals surface area contributed by atoms with Crippen LogP contribution < -0.4 is 15.8 Å². The number of anilines is 2. The number of rotatable bonds is 4. The number of nitrogens with two attached hydrogens (primary N) is 1. The third kappa shape index (κ3) is 2.66. The van der Waals surface area contributed by atoms with Crippen molar-refractivity contribution in [3.63, 3.8) is 0 Å². The summed E-state index contributed by atoms with van der Waals surface area (Å²) in [7, 11) is 1.60. The fourth-order valence-electron chi connectivity index (χ4n) is 1.42. The van der Waals surface area contributed by atoms with Crippen LogP contribution in [0, 0.1) is 6.92 Å². The first-order valence-corrected chi connectivity index (χ1v) is 5.15. The molecule has 3 N–H and O–H groups in total. The zero-order valence-corrected chi connectivity index (χ0v) is 9.73. The van der Waals surface area contributed by atoms with Gasteiger partial charge < -0.3 is 20.3 Å². The normalized spacial score (nSPS) is 10.2. The Hall–Kier alpha value is -2.24. The Kier molecular flexibility index (Phi) is 3.13. The van der Waals surface area contributed by atoms with Crippen LogP contribution in [0.3, 0.4) is 0 Å². The second-order valence-corrected chi connectivity index (χ2v) is 3.54. The molecule has 0 aliphatic carbocycles. The van der Waals surface area contributed by atoms with Crippen LogP contribution in [-0.4, -0.2) is 17.3 Å². The molecule has 2 aromatic rings. The Bertz CT molecular complexity index is 510. The van der Waals surface area contributed by atoms with Gasteiger partial charge in [0.05, 0.1) is 25.0 Å². The molecule has 0 bridgehead atoms. The van der Waals surface area contributed by atoms with Crippen LogP contribution in [0.1, 0.15) is 11.7 Å². The molecule has 0 aliphatic rings. The van der Waals surface area contributed by atoms with Crippen LogP contribution in [0.25, 0.3) is 0 Å². The summed E-state index contributed by atoms with van der Waals surface area (Å²) in [5, 5.41) is 6.91. The topological polar surface area (TPSA) is 86.2 Å². The number of aryl methyl sites for hydroxylation is 1. The van der Waals surface area contributed by atoms with Gasteiger partial charge in [0.25, 0.3) is 0 Å². The van der Waals surface area contributed by atoms with Crippen LogP contribution >= 0.6 is 0 Å². The molecule has 90 valence electrons. The molecule has 2 rings (SSSR count). The first kappa shape index (κ1) is 11.3. The van der Waals surface area contributed by atoms with E-state index in [0.29, 0.717) is 23.9 Å². The molecule has 0 radical (unpaired) electrons. The zero-order valence-electron chi connectivity index (χ0n) is 9.73. The number of hydrogen-bond donors (Lipinski definition) is 2. The predicted molar refractivity (Wildman–Crippen MR) is 63.8 cm³/mol. The number of benzene rings is 1. The van der Waals surface area contributed by atoms with Crippen molar-refractivity contribution in [2.24, 2.45) is 0 Å². The lowest BCUT2D eigenvalue weighted by Gasteiger charge is -2.08. The van der Waals surface area contributed by atoms with Crippen molar-refractivity contribution in [1.29, 1.82) is 0 Å². The monoisotopic (exact) mass is 234 g/mol. The number of hydrogen-bond acceptors (Lipinski definition) is 6. The van der Waals surface area contributed by atoms with Gasteiger partial charge in [-0.3, -0.25) is 0 Å². The highest BCUT2D eigenvalue weighted by Crippen LogP contribution is 2.24. The van der Waals surface area contributed by atoms with Crippen LogP contribution in [0.4, 0.5) is 11.4 Å². The highest BCUT2D eigenvalue weighted by atomic mass is 16.5. The maximum atomic E-state index is 5.86. The fraction of sp³-hybridized carbons (Fsp3) is 0.273. The van der Waals surface area contributed by atoms with E-state index >= 15 is 0 Å². The smallest absolute Gasteiger partial charge is 0.223 e. The second-order valence-electron chi connectivity index (χ2n) is 3.54. The largest absolute Gasteiger partial charge is 0.497 e. The van der Waals surface area contributed by atoms with Crippen LogP contribution in [0.2, 0.25) is 0 Å². The fourth-order valence-corrected chi connectivity index (χ4v) is 1.42. The Labute approximate surface area is 98.8 Å². The lowest BCUT2D eigenvalue weighted by molar-refractivity contribution is 0.388. The third-order valence-corrected chi connectivity index (χ3v) is 2.27. The third-order valence-electron chi connectivity index (χ3n) is 2.27. The number of nitrogens with one attached hydrogen (secondary N) is 1. The summed E-state index contributed by atoms with van der Waals surface area (Å²) < 4.78 is 9.94. The molecule has 0 saturated carbocycles. The van der Waals surface area contributed by atoms with Crippen molar-refractivity contribution in [3.05, 3.63) is 29.9 Å². The number of ether oxygens (including phenoxy) is 1. The molecule has 1 aromatic carbocycles. The lowest BCUT2D eigenvalue weighted by atomic mass is 10.2. The first-order valence-electron chi connectivity index (χ1n) is 5.15. The van der Waals surface area contributed by atoms with E-state index in [0.717, 1.165) is 11.4 Å². The van der Waals surface area contributed by atoms with Crippen molar-refractivity contribution in [1.82, 2.24) is 10.1 Å². The zero-order chi connectivity index (χ0) is 12.3. The molecule has 0 saturated heterocycles. The molecule has 0 amide bonds. The standard InChI is InChI=1S/C11H14N4O2/c1-7-14-11(15-17-7)6-13-10-4-3-8(16-2)5-9(10)12/h3-5,13H,6,12H2,1-2H3. The minimum absolute atomic E-state index is 0.466. The van der Waals surface area contributed by atoms with E-state index in [-0.39, 0.29) is 0 Å². The van der Waals surface area contributed by atoms with Crippen LogP contribution in [-0.2, 0) is 6.54 Å². The molecule has 0 aliphatic heterocycles. The molecule has 1 aromatic heterocycles. The van der Waals surface area contributed by atoms with Gasteiger partial charge in [-0.2, -0.15) is 4.98 Å². The van der Waals surface area contributed by atoms with Gasteiger partial charge >= 0.3 is 0 Å². The lowest BCUT2D eigenvalue weighted by Crippen LogP contribution is -2.04.